The zero-order chi connectivity index (χ0) is 18.8. The van der Waals surface area contributed by atoms with Crippen LogP contribution in [0, 0.1) is 0 Å². The number of aliphatic imine (C=N–C) groups is 1. The van der Waals surface area contributed by atoms with Gasteiger partial charge in [-0.3, -0.25) is 9.69 Å². The Balaban J connectivity index is 2.12. The molecule has 0 N–H and O–H groups in total. The van der Waals surface area contributed by atoms with Gasteiger partial charge in [-0.2, -0.15) is 0 Å². The number of hydrogen-bond acceptors (Lipinski definition) is 5. The van der Waals surface area contributed by atoms with Crippen molar-refractivity contribution in [3.63, 3.8) is 0 Å². The number of esters is 1. The van der Waals surface area contributed by atoms with Crippen LogP contribution in [0.15, 0.2) is 57.7 Å². The number of allylic oxidation sites excluding steroid dienone is 1. The van der Waals surface area contributed by atoms with Gasteiger partial charge in [-0.1, -0.05) is 59.4 Å². The topological polar surface area (TPSA) is 59.0 Å². The number of halogens is 1. The van der Waals surface area contributed by atoms with Crippen LogP contribution in [-0.4, -0.2) is 33.8 Å². The van der Waals surface area contributed by atoms with E-state index in [2.05, 4.69) is 27.5 Å². The van der Waals surface area contributed by atoms with Crippen molar-refractivity contribution in [2.24, 2.45) is 4.99 Å². The molecule has 1 aromatic carbocycles. The van der Waals surface area contributed by atoms with Gasteiger partial charge in [0.2, 0.25) is 5.91 Å². The van der Waals surface area contributed by atoms with Crippen LogP contribution in [0.3, 0.4) is 0 Å². The lowest BCUT2D eigenvalue weighted by Gasteiger charge is -2.33. The molecule has 0 spiro atoms. The number of thioether (sulfide) groups is 1. The van der Waals surface area contributed by atoms with E-state index in [1.54, 1.807) is 11.8 Å². The van der Waals surface area contributed by atoms with Crippen LogP contribution in [-0.2, 0) is 14.3 Å². The Kier molecular flexibility index (Phi) is 5.67. The van der Waals surface area contributed by atoms with Gasteiger partial charge < -0.3 is 4.74 Å². The first-order chi connectivity index (χ1) is 12.5. The van der Waals surface area contributed by atoms with E-state index < -0.39 is 12.0 Å². The Labute approximate surface area is 165 Å². The van der Waals surface area contributed by atoms with Crippen molar-refractivity contribution in [3.8, 4) is 0 Å². The van der Waals surface area contributed by atoms with Gasteiger partial charge in [0.25, 0.3) is 0 Å². The number of carbonyl (C=O) groups is 2. The predicted molar refractivity (Wildman–Crippen MR) is 107 cm³/mol. The number of carbonyl (C=O) groups excluding carboxylic acids is 2. The van der Waals surface area contributed by atoms with Crippen LogP contribution in [0.1, 0.15) is 31.9 Å². The van der Waals surface area contributed by atoms with Crippen molar-refractivity contribution in [3.05, 3.63) is 58.2 Å². The molecule has 26 heavy (non-hydrogen) atoms. The smallest absolute Gasteiger partial charge is 0.338 e. The molecule has 0 unspecified atom stereocenters. The molecule has 2 aliphatic heterocycles. The monoisotopic (exact) mass is 434 g/mol. The Hall–Kier alpha value is -1.86. The molecule has 136 valence electrons. The summed E-state index contributed by atoms with van der Waals surface area (Å²) in [6.07, 6.45) is 2.23. The minimum atomic E-state index is -0.547. The minimum Gasteiger partial charge on any atom is -0.458 e. The molecule has 5 nitrogen and oxygen atoms in total. The summed E-state index contributed by atoms with van der Waals surface area (Å²) < 4.78 is 6.16. The molecular weight excluding hydrogens is 416 g/mol. The van der Waals surface area contributed by atoms with E-state index in [1.807, 2.05) is 31.2 Å². The maximum Gasteiger partial charge on any atom is 0.338 e. The Bertz CT molecular complexity index is 834. The van der Waals surface area contributed by atoms with Gasteiger partial charge >= 0.3 is 5.97 Å². The van der Waals surface area contributed by atoms with E-state index in [1.165, 1.54) is 17.8 Å². The summed E-state index contributed by atoms with van der Waals surface area (Å²) in [5.41, 5.74) is 1.80. The quantitative estimate of drug-likeness (QED) is 0.514. The Morgan fingerprint density at radius 3 is 2.92 bits per heavy atom. The lowest BCUT2D eigenvalue weighted by molar-refractivity contribution is -0.139. The van der Waals surface area contributed by atoms with Crippen molar-refractivity contribution in [2.75, 3.05) is 6.61 Å². The first-order valence-electron chi connectivity index (χ1n) is 8.30. The van der Waals surface area contributed by atoms with E-state index >= 15 is 0 Å². The van der Waals surface area contributed by atoms with E-state index in [-0.39, 0.29) is 17.8 Å². The molecule has 2 atom stereocenters. The number of fused-ring (bicyclic) bond motifs is 1. The average Bonchev–Trinajstić information content (AvgIpc) is 2.93. The van der Waals surface area contributed by atoms with Gasteiger partial charge in [0.15, 0.2) is 5.17 Å². The summed E-state index contributed by atoms with van der Waals surface area (Å²) in [7, 11) is 0. The van der Waals surface area contributed by atoms with Crippen LogP contribution in [0.2, 0.25) is 0 Å². The molecule has 1 amide bonds. The Morgan fingerprint density at radius 1 is 1.50 bits per heavy atom. The van der Waals surface area contributed by atoms with Crippen LogP contribution in [0.5, 0.6) is 0 Å². The van der Waals surface area contributed by atoms with E-state index in [0.29, 0.717) is 22.9 Å². The molecule has 0 aromatic heterocycles. The summed E-state index contributed by atoms with van der Waals surface area (Å²) in [6, 6.07) is 7.07. The number of rotatable bonds is 5. The molecule has 0 aliphatic carbocycles. The van der Waals surface area contributed by atoms with Crippen LogP contribution >= 0.6 is 27.7 Å². The highest BCUT2D eigenvalue weighted by atomic mass is 79.9. The summed E-state index contributed by atoms with van der Waals surface area (Å²) in [6.45, 7) is 7.44. The van der Waals surface area contributed by atoms with Gasteiger partial charge in [-0.05, 0) is 31.0 Å². The second-order valence-electron chi connectivity index (χ2n) is 5.96. The number of amidine groups is 1. The van der Waals surface area contributed by atoms with Gasteiger partial charge in [0.05, 0.1) is 22.6 Å². The third-order valence-corrected chi connectivity index (χ3v) is 6.05. The van der Waals surface area contributed by atoms with Crippen molar-refractivity contribution < 1.29 is 14.3 Å². The molecule has 3 rings (SSSR count). The standard InChI is InChI=1S/C19H19BrN2O3S/c1-4-9-25-18(24)15-11(3)21-19-22(17(23)14(5-2)26-19)16(15)12-7-6-8-13(20)10-12/h4,6-8,10,14,16H,1,5,9H2,2-3H3/t14-,16-/m0/s1. The molecule has 1 fully saturated rings. The number of ether oxygens (including phenoxy) is 1. The van der Waals surface area contributed by atoms with Crippen LogP contribution < -0.4 is 0 Å². The molecule has 2 aliphatic rings. The van der Waals surface area contributed by atoms with Gasteiger partial charge in [-0.25, -0.2) is 9.79 Å². The van der Waals surface area contributed by atoms with Crippen molar-refractivity contribution in [2.45, 2.75) is 31.6 Å². The first-order valence-corrected chi connectivity index (χ1v) is 9.97. The molecule has 1 saturated heterocycles. The average molecular weight is 435 g/mol. The SMILES string of the molecule is C=CCOC(=O)C1=C(C)N=C2S[C@@H](CC)C(=O)N2[C@H]1c1cccc(Br)c1. The van der Waals surface area contributed by atoms with Gasteiger partial charge in [0.1, 0.15) is 6.61 Å². The largest absolute Gasteiger partial charge is 0.458 e. The highest BCUT2D eigenvalue weighted by Gasteiger charge is 2.47. The number of benzene rings is 1. The molecule has 7 heteroatoms. The predicted octanol–water partition coefficient (Wildman–Crippen LogP) is 4.22. The molecule has 0 saturated carbocycles. The number of nitrogens with zero attached hydrogens (tertiary/aromatic N) is 2. The van der Waals surface area contributed by atoms with Crippen molar-refractivity contribution in [1.29, 1.82) is 0 Å². The zero-order valence-corrected chi connectivity index (χ0v) is 17.0. The van der Waals surface area contributed by atoms with Gasteiger partial charge in [0, 0.05) is 4.47 Å². The molecule has 2 heterocycles. The second kappa shape index (κ2) is 7.80. The van der Waals surface area contributed by atoms with E-state index in [4.69, 9.17) is 4.74 Å². The fourth-order valence-electron chi connectivity index (χ4n) is 3.05. The zero-order valence-electron chi connectivity index (χ0n) is 14.6. The molecular formula is C19H19BrN2O3S. The maximum atomic E-state index is 12.9. The molecule has 0 bridgehead atoms. The summed E-state index contributed by atoms with van der Waals surface area (Å²) in [5, 5.41) is 0.462. The van der Waals surface area contributed by atoms with Crippen LogP contribution in [0.4, 0.5) is 0 Å². The third-order valence-electron chi connectivity index (χ3n) is 4.24. The fourth-order valence-corrected chi connectivity index (χ4v) is 4.61. The van der Waals surface area contributed by atoms with E-state index in [0.717, 1.165) is 10.0 Å². The number of hydrogen-bond donors (Lipinski definition) is 0. The lowest BCUT2D eigenvalue weighted by atomic mass is 9.94. The molecule has 0 radical (unpaired) electrons. The van der Waals surface area contributed by atoms with Crippen LogP contribution in [0.25, 0.3) is 0 Å². The highest BCUT2D eigenvalue weighted by Crippen LogP contribution is 2.44. The van der Waals surface area contributed by atoms with Crippen molar-refractivity contribution in [1.82, 2.24) is 4.90 Å². The summed E-state index contributed by atoms with van der Waals surface area (Å²) in [5.74, 6) is -0.504. The molecule has 1 aromatic rings. The normalized spacial score (nSPS) is 22.2. The third kappa shape index (κ3) is 3.38. The Morgan fingerprint density at radius 2 is 2.27 bits per heavy atom. The minimum absolute atomic E-state index is 0.0252. The first kappa shape index (κ1) is 18.9. The highest BCUT2D eigenvalue weighted by molar-refractivity contribution is 9.10. The second-order valence-corrected chi connectivity index (χ2v) is 8.05. The summed E-state index contributed by atoms with van der Waals surface area (Å²) >= 11 is 4.92. The maximum absolute atomic E-state index is 12.9. The fraction of sp³-hybridized carbons (Fsp3) is 0.316. The van der Waals surface area contributed by atoms with E-state index in [9.17, 15) is 9.59 Å². The summed E-state index contributed by atoms with van der Waals surface area (Å²) in [4.78, 5) is 31.8. The lowest BCUT2D eigenvalue weighted by Crippen LogP contribution is -2.40. The van der Waals surface area contributed by atoms with Crippen molar-refractivity contribution >= 4 is 44.7 Å². The van der Waals surface area contributed by atoms with Gasteiger partial charge in [-0.15, -0.1) is 0 Å². The number of amides is 1.